The number of ether oxygens (including phenoxy) is 2. The Morgan fingerprint density at radius 3 is 2.18 bits per heavy atom. The number of halogens is 6. The summed E-state index contributed by atoms with van der Waals surface area (Å²) in [5, 5.41) is 8.87. The molecule has 0 unspecified atom stereocenters. The minimum Gasteiger partial charge on any atom is -0.489 e. The second-order valence-electron chi connectivity index (χ2n) is 7.43. The lowest BCUT2D eigenvalue weighted by atomic mass is 9.92. The molecule has 2 aromatic rings. The Kier molecular flexibility index (Phi) is 6.33. The van der Waals surface area contributed by atoms with Crippen LogP contribution in [0, 0.1) is 5.92 Å². The molecule has 1 aliphatic rings. The van der Waals surface area contributed by atoms with Crippen molar-refractivity contribution in [3.05, 3.63) is 64.7 Å². The van der Waals surface area contributed by atoms with Gasteiger partial charge in [-0.25, -0.2) is 5.48 Å². The fraction of sp³-hybridized carbons (Fsp3) is 0.333. The van der Waals surface area contributed by atoms with Crippen LogP contribution in [0.2, 0.25) is 0 Å². The fourth-order valence-electron chi connectivity index (χ4n) is 3.63. The molecule has 2 N–H and O–H groups in total. The Morgan fingerprint density at radius 2 is 1.67 bits per heavy atom. The molecule has 6 nitrogen and oxygen atoms in total. The van der Waals surface area contributed by atoms with Crippen LogP contribution in [0.5, 0.6) is 5.75 Å². The average molecular weight is 477 g/mol. The lowest BCUT2D eigenvalue weighted by molar-refractivity contribution is -0.146. The third-order valence-corrected chi connectivity index (χ3v) is 5.34. The van der Waals surface area contributed by atoms with Crippen LogP contribution in [0.1, 0.15) is 28.7 Å². The van der Waals surface area contributed by atoms with Crippen LogP contribution < -0.4 is 10.2 Å². The van der Waals surface area contributed by atoms with Gasteiger partial charge >= 0.3 is 18.3 Å². The van der Waals surface area contributed by atoms with Gasteiger partial charge in [-0.2, -0.15) is 26.3 Å². The van der Waals surface area contributed by atoms with E-state index in [9.17, 15) is 35.9 Å². The maximum absolute atomic E-state index is 13.0. The second-order valence-corrected chi connectivity index (χ2v) is 7.43. The molecule has 33 heavy (non-hydrogen) atoms. The molecular formula is C21H17F6NO5. The van der Waals surface area contributed by atoms with E-state index in [1.807, 2.05) is 0 Å². The molecule has 1 amide bonds. The number of nitrogens with one attached hydrogen (secondary N) is 1. The lowest BCUT2D eigenvalue weighted by Gasteiger charge is -2.17. The van der Waals surface area contributed by atoms with Crippen LogP contribution >= 0.6 is 0 Å². The molecule has 0 aromatic heterocycles. The molecule has 3 rings (SSSR count). The lowest BCUT2D eigenvalue weighted by Crippen LogP contribution is -2.31. The SMILES string of the molecule is COC(=O)[C@]1(c2cccc(OCc3cc(C(F)(F)F)cc(C(F)(F)F)c3)c2)C[C@H]1C(=O)NO. The first kappa shape index (κ1) is 24.4. The monoisotopic (exact) mass is 477 g/mol. The van der Waals surface area contributed by atoms with E-state index < -0.39 is 53.3 Å². The Labute approximate surface area is 183 Å². The minimum absolute atomic E-state index is 0.0175. The van der Waals surface area contributed by atoms with Gasteiger partial charge in [-0.05, 0) is 47.9 Å². The summed E-state index contributed by atoms with van der Waals surface area (Å²) < 4.78 is 88.3. The quantitative estimate of drug-likeness (QED) is 0.282. The molecule has 0 saturated heterocycles. The highest BCUT2D eigenvalue weighted by atomic mass is 19.4. The predicted octanol–water partition coefficient (Wildman–Crippen LogP) is 4.24. The summed E-state index contributed by atoms with van der Waals surface area (Å²) in [4.78, 5) is 24.2. The summed E-state index contributed by atoms with van der Waals surface area (Å²) in [6, 6.07) is 6.77. The molecule has 0 radical (unpaired) electrons. The third-order valence-electron chi connectivity index (χ3n) is 5.34. The van der Waals surface area contributed by atoms with Gasteiger partial charge in [0, 0.05) is 0 Å². The van der Waals surface area contributed by atoms with Crippen molar-refractivity contribution < 1.29 is 50.6 Å². The molecule has 1 aliphatic carbocycles. The number of hydroxylamine groups is 1. The van der Waals surface area contributed by atoms with Gasteiger partial charge in [-0.3, -0.25) is 14.8 Å². The summed E-state index contributed by atoms with van der Waals surface area (Å²) in [7, 11) is 1.11. The summed E-state index contributed by atoms with van der Waals surface area (Å²) in [6.07, 6.45) is -9.95. The van der Waals surface area contributed by atoms with E-state index in [1.54, 1.807) is 0 Å². The molecule has 2 aromatic carbocycles. The molecule has 1 fully saturated rings. The summed E-state index contributed by atoms with van der Waals surface area (Å²) >= 11 is 0. The maximum Gasteiger partial charge on any atom is 0.416 e. The molecule has 0 aliphatic heterocycles. The van der Waals surface area contributed by atoms with E-state index >= 15 is 0 Å². The highest BCUT2D eigenvalue weighted by molar-refractivity contribution is 5.97. The molecule has 0 heterocycles. The Balaban J connectivity index is 1.88. The van der Waals surface area contributed by atoms with E-state index in [0.29, 0.717) is 12.1 Å². The molecule has 178 valence electrons. The first-order valence-electron chi connectivity index (χ1n) is 9.37. The largest absolute Gasteiger partial charge is 0.489 e. The molecule has 0 bridgehead atoms. The number of rotatable bonds is 6. The van der Waals surface area contributed by atoms with Gasteiger partial charge in [0.05, 0.1) is 24.2 Å². The van der Waals surface area contributed by atoms with E-state index in [-0.39, 0.29) is 29.4 Å². The van der Waals surface area contributed by atoms with Crippen molar-refractivity contribution in [2.75, 3.05) is 7.11 Å². The van der Waals surface area contributed by atoms with Crippen LogP contribution in [0.3, 0.4) is 0 Å². The number of amides is 1. The van der Waals surface area contributed by atoms with Crippen LogP contribution in [0.25, 0.3) is 0 Å². The van der Waals surface area contributed by atoms with Crippen molar-refractivity contribution in [2.24, 2.45) is 5.92 Å². The molecular weight excluding hydrogens is 460 g/mol. The summed E-state index contributed by atoms with van der Waals surface area (Å²) in [5.74, 6) is -2.45. The fourth-order valence-corrected chi connectivity index (χ4v) is 3.63. The van der Waals surface area contributed by atoms with Gasteiger partial charge in [-0.1, -0.05) is 12.1 Å². The van der Waals surface area contributed by atoms with E-state index in [1.165, 1.54) is 29.7 Å². The topological polar surface area (TPSA) is 84.9 Å². The Bertz CT molecular complexity index is 1040. The highest BCUT2D eigenvalue weighted by Gasteiger charge is 2.65. The minimum atomic E-state index is -4.99. The number of hydrogen-bond acceptors (Lipinski definition) is 5. The number of carbonyl (C=O) groups excluding carboxylic acids is 2. The molecule has 0 spiro atoms. The zero-order chi connectivity index (χ0) is 24.6. The molecule has 1 saturated carbocycles. The van der Waals surface area contributed by atoms with Gasteiger partial charge in [0.25, 0.3) is 0 Å². The van der Waals surface area contributed by atoms with Gasteiger partial charge in [0.2, 0.25) is 5.91 Å². The Hall–Kier alpha value is -3.28. The van der Waals surface area contributed by atoms with Crippen molar-refractivity contribution in [2.45, 2.75) is 30.8 Å². The van der Waals surface area contributed by atoms with Crippen molar-refractivity contribution in [1.82, 2.24) is 5.48 Å². The third kappa shape index (κ3) is 4.90. The first-order chi connectivity index (χ1) is 15.3. The second kappa shape index (κ2) is 8.58. The highest BCUT2D eigenvalue weighted by Crippen LogP contribution is 2.55. The number of benzene rings is 2. The zero-order valence-corrected chi connectivity index (χ0v) is 16.9. The molecule has 2 atom stereocenters. The van der Waals surface area contributed by atoms with Crippen LogP contribution in [0.4, 0.5) is 26.3 Å². The van der Waals surface area contributed by atoms with Crippen molar-refractivity contribution >= 4 is 11.9 Å². The van der Waals surface area contributed by atoms with Gasteiger partial charge in [-0.15, -0.1) is 0 Å². The van der Waals surface area contributed by atoms with E-state index in [0.717, 1.165) is 7.11 Å². The number of alkyl halides is 6. The van der Waals surface area contributed by atoms with Gasteiger partial charge < -0.3 is 9.47 Å². The van der Waals surface area contributed by atoms with E-state index in [4.69, 9.17) is 14.7 Å². The standard InChI is InChI=1S/C21H17F6NO5/c1-32-18(30)19(9-16(19)17(29)28-31)12-3-2-4-15(8-12)33-10-11-5-13(20(22,23)24)7-14(6-11)21(25,26)27/h2-8,16,31H,9-10H2,1H3,(H,28,29)/t16-,19-/m0/s1. The number of carbonyl (C=O) groups is 2. The van der Waals surface area contributed by atoms with Crippen LogP contribution in [-0.2, 0) is 38.7 Å². The Morgan fingerprint density at radius 1 is 1.06 bits per heavy atom. The van der Waals surface area contributed by atoms with Crippen LogP contribution in [0.15, 0.2) is 42.5 Å². The number of methoxy groups -OCH3 is 1. The van der Waals surface area contributed by atoms with Gasteiger partial charge in [0.1, 0.15) is 17.8 Å². The van der Waals surface area contributed by atoms with Crippen LogP contribution in [-0.4, -0.2) is 24.2 Å². The first-order valence-corrected chi connectivity index (χ1v) is 9.37. The number of hydrogen-bond donors (Lipinski definition) is 2. The van der Waals surface area contributed by atoms with Gasteiger partial charge in [0.15, 0.2) is 0 Å². The van der Waals surface area contributed by atoms with Crippen molar-refractivity contribution in [3.8, 4) is 5.75 Å². The molecule has 12 heteroatoms. The van der Waals surface area contributed by atoms with Crippen molar-refractivity contribution in [3.63, 3.8) is 0 Å². The summed E-state index contributed by atoms with van der Waals surface area (Å²) in [6.45, 7) is -0.623. The smallest absolute Gasteiger partial charge is 0.416 e. The normalized spacial score (nSPS) is 20.2. The number of esters is 1. The predicted molar refractivity (Wildman–Crippen MR) is 99.0 cm³/mol. The van der Waals surface area contributed by atoms with E-state index in [2.05, 4.69) is 0 Å². The van der Waals surface area contributed by atoms with Crippen molar-refractivity contribution in [1.29, 1.82) is 0 Å². The zero-order valence-electron chi connectivity index (χ0n) is 16.9. The average Bonchev–Trinajstić information content (AvgIpc) is 3.52. The maximum atomic E-state index is 13.0. The summed E-state index contributed by atoms with van der Waals surface area (Å²) in [5.41, 5.74) is -2.96.